The fourth-order valence-electron chi connectivity index (χ4n) is 3.13. The second kappa shape index (κ2) is 10.5. The highest BCUT2D eigenvalue weighted by Gasteiger charge is 2.19. The third-order valence-corrected chi connectivity index (χ3v) is 4.75. The Hall–Kier alpha value is -2.45. The Labute approximate surface area is 182 Å². The minimum atomic E-state index is -0.890. The van der Waals surface area contributed by atoms with Gasteiger partial charge in [-0.1, -0.05) is 45.7 Å². The number of aliphatic carboxylic acids is 1. The van der Waals surface area contributed by atoms with E-state index in [1.54, 1.807) is 38.3 Å². The summed E-state index contributed by atoms with van der Waals surface area (Å²) in [6.07, 6.45) is 2.89. The molecule has 2 rings (SSSR count). The molecule has 0 radical (unpaired) electrons. The number of hydrogen-bond acceptors (Lipinski definition) is 6. The van der Waals surface area contributed by atoms with Crippen molar-refractivity contribution in [1.29, 1.82) is 0 Å². The van der Waals surface area contributed by atoms with Gasteiger partial charge in [0.15, 0.2) is 0 Å². The van der Waals surface area contributed by atoms with E-state index in [9.17, 15) is 14.3 Å². The lowest BCUT2D eigenvalue weighted by atomic mass is 9.96. The Bertz CT molecular complexity index is 901. The number of carboxylic acids is 1. The summed E-state index contributed by atoms with van der Waals surface area (Å²) in [6, 6.07) is 6.03. The van der Waals surface area contributed by atoms with Crippen molar-refractivity contribution in [3.05, 3.63) is 47.4 Å². The number of aliphatic hydroxyl groups excluding tert-OH is 1. The summed E-state index contributed by atoms with van der Waals surface area (Å²) in [5.74, 6) is -0.932. The molecule has 0 spiro atoms. The van der Waals surface area contributed by atoms with E-state index in [0.29, 0.717) is 23.6 Å². The van der Waals surface area contributed by atoms with Gasteiger partial charge < -0.3 is 10.2 Å². The quantitative estimate of drug-likeness (QED) is 0.503. The van der Waals surface area contributed by atoms with Crippen molar-refractivity contribution in [2.75, 3.05) is 11.4 Å². The summed E-state index contributed by atoms with van der Waals surface area (Å²) in [7, 11) is 1.72. The molecule has 2 atom stereocenters. The minimum absolute atomic E-state index is 0.00490. The van der Waals surface area contributed by atoms with Gasteiger partial charge in [0.05, 0.1) is 17.5 Å². The molecule has 0 saturated heterocycles. The van der Waals surface area contributed by atoms with Gasteiger partial charge >= 0.3 is 5.97 Å². The molecule has 0 aliphatic heterocycles. The Balaban J connectivity index is 2.49. The maximum Gasteiger partial charge on any atom is 0.303 e. The van der Waals surface area contributed by atoms with Crippen molar-refractivity contribution in [3.63, 3.8) is 0 Å². The molecule has 162 valence electrons. The summed E-state index contributed by atoms with van der Waals surface area (Å²) in [6.45, 7) is 5.79. The largest absolute Gasteiger partial charge is 0.481 e. The number of carbonyl (C=O) groups is 1. The molecule has 6 nitrogen and oxygen atoms in total. The zero-order valence-electron chi connectivity index (χ0n) is 17.6. The Morgan fingerprint density at radius 2 is 1.87 bits per heavy atom. The van der Waals surface area contributed by atoms with E-state index < -0.39 is 12.1 Å². The number of rotatable bonds is 9. The lowest BCUT2D eigenvalue weighted by Crippen LogP contribution is -2.13. The number of benzene rings is 1. The lowest BCUT2D eigenvalue weighted by molar-refractivity contribution is -0.138. The van der Waals surface area contributed by atoms with Crippen LogP contribution in [0, 0.1) is 11.7 Å². The average molecular weight is 434 g/mol. The van der Waals surface area contributed by atoms with Crippen molar-refractivity contribution in [1.82, 2.24) is 9.97 Å². The van der Waals surface area contributed by atoms with Crippen LogP contribution in [-0.4, -0.2) is 39.3 Å². The van der Waals surface area contributed by atoms with Crippen LogP contribution in [0.15, 0.2) is 30.3 Å². The van der Waals surface area contributed by atoms with Gasteiger partial charge in [-0.25, -0.2) is 14.4 Å². The number of carboxylic acid groups (broad SMARTS) is 1. The maximum atomic E-state index is 13.4. The highest BCUT2D eigenvalue weighted by atomic mass is 32.1. The van der Waals surface area contributed by atoms with Crippen LogP contribution >= 0.6 is 12.8 Å². The van der Waals surface area contributed by atoms with E-state index in [4.69, 9.17) is 5.11 Å². The van der Waals surface area contributed by atoms with E-state index in [2.05, 4.69) is 22.8 Å². The number of thiol groups is 1. The first-order valence-corrected chi connectivity index (χ1v) is 10.2. The van der Waals surface area contributed by atoms with Gasteiger partial charge in [-0.3, -0.25) is 9.10 Å². The summed E-state index contributed by atoms with van der Waals surface area (Å²) in [5, 5.41) is 19.3. The summed E-state index contributed by atoms with van der Waals surface area (Å²) >= 11 is 4.31. The van der Waals surface area contributed by atoms with E-state index in [1.807, 2.05) is 13.8 Å². The molecule has 2 N–H and O–H groups in total. The maximum absolute atomic E-state index is 13.4. The summed E-state index contributed by atoms with van der Waals surface area (Å²) in [5.41, 5.74) is 2.81. The number of nitrogens with zero attached hydrogens (tertiary/aromatic N) is 3. The second-order valence-corrected chi connectivity index (χ2v) is 8.32. The highest BCUT2D eigenvalue weighted by molar-refractivity contribution is 7.81. The molecule has 8 heteroatoms. The molecule has 0 aliphatic rings. The fraction of sp³-hybridized carbons (Fsp3) is 0.409. The number of halogens is 1. The van der Waals surface area contributed by atoms with Gasteiger partial charge in [0.1, 0.15) is 5.82 Å². The van der Waals surface area contributed by atoms with Crippen molar-refractivity contribution in [2.24, 2.45) is 5.92 Å². The first-order chi connectivity index (χ1) is 14.1. The van der Waals surface area contributed by atoms with Gasteiger partial charge in [-0.15, -0.1) is 0 Å². The molecule has 0 fully saturated rings. The van der Waals surface area contributed by atoms with E-state index in [-0.39, 0.29) is 24.1 Å². The zero-order chi connectivity index (χ0) is 22.4. The molecule has 1 heterocycles. The highest BCUT2D eigenvalue weighted by Crippen LogP contribution is 2.31. The van der Waals surface area contributed by atoms with Crippen LogP contribution in [0.1, 0.15) is 50.8 Å². The van der Waals surface area contributed by atoms with Crippen LogP contribution in [0.4, 0.5) is 10.3 Å². The van der Waals surface area contributed by atoms with Crippen molar-refractivity contribution >= 4 is 30.8 Å². The van der Waals surface area contributed by atoms with Gasteiger partial charge in [-0.2, -0.15) is 0 Å². The van der Waals surface area contributed by atoms with E-state index in [1.165, 1.54) is 16.4 Å². The molecule has 0 amide bonds. The molecule has 0 aliphatic carbocycles. The molecule has 30 heavy (non-hydrogen) atoms. The van der Waals surface area contributed by atoms with Crippen molar-refractivity contribution in [3.8, 4) is 11.3 Å². The summed E-state index contributed by atoms with van der Waals surface area (Å²) < 4.78 is 15.0. The minimum Gasteiger partial charge on any atom is -0.481 e. The second-order valence-electron chi connectivity index (χ2n) is 7.72. The monoisotopic (exact) mass is 433 g/mol. The first kappa shape index (κ1) is 23.8. The predicted octanol–water partition coefficient (Wildman–Crippen LogP) is 4.56. The average Bonchev–Trinajstić information content (AvgIpc) is 2.65. The van der Waals surface area contributed by atoms with Gasteiger partial charge in [0, 0.05) is 24.6 Å². The molecule has 1 aromatic carbocycles. The zero-order valence-corrected chi connectivity index (χ0v) is 18.5. The Kier molecular flexibility index (Phi) is 8.37. The smallest absolute Gasteiger partial charge is 0.303 e. The standard InChI is InChI=1S/C22H28FN3O3S/c1-13(2)20-18(10-9-17(27)11-14(3)12-19(28)29)21(25-22(24-20)26(4)30)15-5-7-16(23)8-6-15/h5-10,13-14,17,27,30H,11-12H2,1-4H3,(H,28,29)/b10-9+. The molecule has 1 aromatic heterocycles. The normalized spacial score (nSPS) is 13.6. The molecule has 0 bridgehead atoms. The number of anilines is 1. The topological polar surface area (TPSA) is 86.5 Å². The van der Waals surface area contributed by atoms with Crippen LogP contribution in [0.2, 0.25) is 0 Å². The Morgan fingerprint density at radius 3 is 2.40 bits per heavy atom. The van der Waals surface area contributed by atoms with Crippen LogP contribution in [0.25, 0.3) is 17.3 Å². The van der Waals surface area contributed by atoms with Crippen LogP contribution in [-0.2, 0) is 4.79 Å². The van der Waals surface area contributed by atoms with E-state index in [0.717, 1.165) is 11.3 Å². The SMILES string of the molecule is CC(CC(=O)O)CC(O)/C=C/c1c(-c2ccc(F)cc2)nc(N(C)S)nc1C(C)C. The molecule has 2 aromatic rings. The van der Waals surface area contributed by atoms with Crippen molar-refractivity contribution < 1.29 is 19.4 Å². The molecule has 2 unspecified atom stereocenters. The fourth-order valence-corrected chi connectivity index (χ4v) is 3.22. The van der Waals surface area contributed by atoms with E-state index >= 15 is 0 Å². The Morgan fingerprint density at radius 1 is 1.23 bits per heavy atom. The first-order valence-electron chi connectivity index (χ1n) is 9.77. The third kappa shape index (κ3) is 6.53. The van der Waals surface area contributed by atoms with Crippen LogP contribution < -0.4 is 4.31 Å². The van der Waals surface area contributed by atoms with Crippen molar-refractivity contribution in [2.45, 2.75) is 45.6 Å². The number of hydrogen-bond donors (Lipinski definition) is 3. The van der Waals surface area contributed by atoms with Crippen LogP contribution in [0.5, 0.6) is 0 Å². The third-order valence-electron chi connectivity index (χ3n) is 4.57. The molecule has 0 saturated carbocycles. The number of aromatic nitrogens is 2. The predicted molar refractivity (Wildman–Crippen MR) is 120 cm³/mol. The molecular weight excluding hydrogens is 405 g/mol. The summed E-state index contributed by atoms with van der Waals surface area (Å²) in [4.78, 5) is 20.1. The van der Waals surface area contributed by atoms with Crippen LogP contribution in [0.3, 0.4) is 0 Å². The number of aliphatic hydroxyl groups is 1. The molecular formula is C22H28FN3O3S. The lowest BCUT2D eigenvalue weighted by Gasteiger charge is -2.18. The van der Waals surface area contributed by atoms with Gasteiger partial charge in [0.25, 0.3) is 0 Å². The van der Waals surface area contributed by atoms with Gasteiger partial charge in [-0.05, 0) is 42.5 Å². The van der Waals surface area contributed by atoms with Gasteiger partial charge in [0.2, 0.25) is 5.95 Å².